The maximum atomic E-state index is 12.5. The lowest BCUT2D eigenvalue weighted by Gasteiger charge is -2.35. The van der Waals surface area contributed by atoms with E-state index in [2.05, 4.69) is 20.4 Å². The summed E-state index contributed by atoms with van der Waals surface area (Å²) in [5, 5.41) is 11.9. The normalized spacial score (nSPS) is 18.8. The number of aromatic nitrogens is 2. The zero-order valence-corrected chi connectivity index (χ0v) is 16.9. The third kappa shape index (κ3) is 5.33. The number of carbonyl (C=O) groups is 2. The van der Waals surface area contributed by atoms with Crippen LogP contribution in [0.25, 0.3) is 0 Å². The van der Waals surface area contributed by atoms with Crippen LogP contribution in [-0.4, -0.2) is 65.9 Å². The van der Waals surface area contributed by atoms with Crippen molar-refractivity contribution in [3.63, 3.8) is 0 Å². The molecule has 1 aromatic rings. The first kappa shape index (κ1) is 19.4. The highest BCUT2D eigenvalue weighted by Crippen LogP contribution is 2.29. The molecule has 1 saturated heterocycles. The first-order valence-corrected chi connectivity index (χ1v) is 11.2. The van der Waals surface area contributed by atoms with E-state index in [9.17, 15) is 9.59 Å². The van der Waals surface area contributed by atoms with E-state index in [0.717, 1.165) is 42.1 Å². The molecule has 2 heterocycles. The maximum Gasteiger partial charge on any atom is 0.230 e. The van der Waals surface area contributed by atoms with Gasteiger partial charge in [0.05, 0.1) is 5.75 Å². The monoisotopic (exact) mass is 397 g/mol. The van der Waals surface area contributed by atoms with Crippen LogP contribution in [0.4, 0.5) is 5.13 Å². The van der Waals surface area contributed by atoms with E-state index >= 15 is 0 Å². The molecule has 1 aliphatic heterocycles. The van der Waals surface area contributed by atoms with Gasteiger partial charge in [0.1, 0.15) is 0 Å². The number of nitrogens with zero attached hydrogens (tertiary/aromatic N) is 4. The highest BCUT2D eigenvalue weighted by molar-refractivity contribution is 8.01. The molecule has 0 radical (unpaired) electrons. The molecule has 144 valence electrons. The van der Waals surface area contributed by atoms with Gasteiger partial charge in [-0.25, -0.2) is 0 Å². The van der Waals surface area contributed by atoms with Crippen LogP contribution in [0.5, 0.6) is 0 Å². The first-order valence-electron chi connectivity index (χ1n) is 9.35. The van der Waals surface area contributed by atoms with Crippen LogP contribution in [-0.2, 0) is 9.59 Å². The van der Waals surface area contributed by atoms with Gasteiger partial charge in [-0.1, -0.05) is 42.4 Å². The molecule has 0 spiro atoms. The summed E-state index contributed by atoms with van der Waals surface area (Å²) in [5.74, 6) is 1.25. The van der Waals surface area contributed by atoms with Gasteiger partial charge in [-0.3, -0.25) is 9.59 Å². The molecule has 1 aliphatic carbocycles. The average Bonchev–Trinajstić information content (AvgIpc) is 3.16. The van der Waals surface area contributed by atoms with E-state index in [0.29, 0.717) is 17.6 Å². The summed E-state index contributed by atoms with van der Waals surface area (Å²) < 4.78 is 0.805. The number of anilines is 1. The minimum Gasteiger partial charge on any atom is -0.358 e. The largest absolute Gasteiger partial charge is 0.358 e. The molecule has 1 aromatic heterocycles. The van der Waals surface area contributed by atoms with Crippen LogP contribution in [0.1, 0.15) is 38.5 Å². The maximum absolute atomic E-state index is 12.5. The van der Waals surface area contributed by atoms with Crippen molar-refractivity contribution in [2.75, 3.05) is 43.9 Å². The van der Waals surface area contributed by atoms with Crippen LogP contribution >= 0.6 is 23.1 Å². The van der Waals surface area contributed by atoms with E-state index < -0.39 is 0 Å². The number of nitrogens with one attached hydrogen (secondary N) is 1. The molecular formula is C17H27N5O2S2. The van der Waals surface area contributed by atoms with Gasteiger partial charge >= 0.3 is 0 Å². The van der Waals surface area contributed by atoms with E-state index in [4.69, 9.17) is 0 Å². The quantitative estimate of drug-likeness (QED) is 0.740. The number of hydrogen-bond donors (Lipinski definition) is 1. The Morgan fingerprint density at radius 2 is 1.88 bits per heavy atom. The van der Waals surface area contributed by atoms with Crippen molar-refractivity contribution in [1.82, 2.24) is 20.4 Å². The molecule has 26 heavy (non-hydrogen) atoms. The molecule has 1 saturated carbocycles. The predicted molar refractivity (Wildman–Crippen MR) is 105 cm³/mol. The Hall–Kier alpha value is -1.35. The second-order valence-electron chi connectivity index (χ2n) is 6.89. The van der Waals surface area contributed by atoms with Gasteiger partial charge in [0.25, 0.3) is 0 Å². The molecule has 0 atom stereocenters. The van der Waals surface area contributed by atoms with Crippen LogP contribution in [0.2, 0.25) is 0 Å². The fourth-order valence-corrected chi connectivity index (χ4v) is 5.27. The summed E-state index contributed by atoms with van der Waals surface area (Å²) in [7, 11) is 1.63. The van der Waals surface area contributed by atoms with Crippen molar-refractivity contribution in [1.29, 1.82) is 0 Å². The highest BCUT2D eigenvalue weighted by atomic mass is 32.2. The average molecular weight is 398 g/mol. The molecule has 7 nitrogen and oxygen atoms in total. The summed E-state index contributed by atoms with van der Waals surface area (Å²) in [4.78, 5) is 28.0. The zero-order valence-electron chi connectivity index (χ0n) is 15.3. The van der Waals surface area contributed by atoms with Crippen molar-refractivity contribution in [3.05, 3.63) is 0 Å². The Morgan fingerprint density at radius 1 is 1.15 bits per heavy atom. The van der Waals surface area contributed by atoms with Crippen molar-refractivity contribution >= 4 is 40.0 Å². The topological polar surface area (TPSA) is 78.4 Å². The minimum absolute atomic E-state index is 0.0168. The summed E-state index contributed by atoms with van der Waals surface area (Å²) in [6, 6.07) is 0. The third-order valence-electron chi connectivity index (χ3n) is 5.09. The molecule has 2 amide bonds. The van der Waals surface area contributed by atoms with Crippen LogP contribution in [0, 0.1) is 5.92 Å². The van der Waals surface area contributed by atoms with Crippen molar-refractivity contribution in [2.24, 2.45) is 5.92 Å². The van der Waals surface area contributed by atoms with Gasteiger partial charge in [0, 0.05) is 39.6 Å². The number of piperazine rings is 1. The lowest BCUT2D eigenvalue weighted by Crippen LogP contribution is -2.49. The molecular weight excluding hydrogens is 370 g/mol. The molecule has 9 heteroatoms. The molecule has 0 unspecified atom stereocenters. The second kappa shape index (κ2) is 9.55. The first-order chi connectivity index (χ1) is 12.7. The van der Waals surface area contributed by atoms with Crippen molar-refractivity contribution < 1.29 is 9.59 Å². The van der Waals surface area contributed by atoms with Crippen LogP contribution < -0.4 is 10.2 Å². The summed E-state index contributed by atoms with van der Waals surface area (Å²) >= 11 is 2.92. The highest BCUT2D eigenvalue weighted by Gasteiger charge is 2.25. The summed E-state index contributed by atoms with van der Waals surface area (Å²) in [5.41, 5.74) is 0. The van der Waals surface area contributed by atoms with Gasteiger partial charge < -0.3 is 15.1 Å². The minimum atomic E-state index is -0.0168. The Bertz CT molecular complexity index is 610. The molecule has 0 bridgehead atoms. The SMILES string of the molecule is CNC(=O)CSc1nnc(N2CCN(C(=O)CC3CCCCC3)CC2)s1. The number of thioether (sulfide) groups is 1. The van der Waals surface area contributed by atoms with E-state index in [1.165, 1.54) is 55.2 Å². The molecule has 3 rings (SSSR count). The predicted octanol–water partition coefficient (Wildman–Crippen LogP) is 2.00. The van der Waals surface area contributed by atoms with Gasteiger partial charge in [-0.2, -0.15) is 0 Å². The van der Waals surface area contributed by atoms with Gasteiger partial charge in [-0.05, 0) is 18.8 Å². The van der Waals surface area contributed by atoms with Gasteiger partial charge in [-0.15, -0.1) is 10.2 Å². The number of amides is 2. The smallest absolute Gasteiger partial charge is 0.230 e. The van der Waals surface area contributed by atoms with Gasteiger partial charge in [0.15, 0.2) is 4.34 Å². The van der Waals surface area contributed by atoms with Crippen molar-refractivity contribution in [2.45, 2.75) is 42.9 Å². The van der Waals surface area contributed by atoms with Crippen molar-refractivity contribution in [3.8, 4) is 0 Å². The fourth-order valence-electron chi connectivity index (χ4n) is 3.50. The number of carbonyl (C=O) groups excluding carboxylic acids is 2. The lowest BCUT2D eigenvalue weighted by molar-refractivity contribution is -0.132. The number of hydrogen-bond acceptors (Lipinski definition) is 7. The standard InChI is InChI=1S/C17H27N5O2S2/c1-18-14(23)12-25-17-20-19-16(26-17)22-9-7-21(8-10-22)15(24)11-13-5-3-2-4-6-13/h13H,2-12H2,1H3,(H,18,23). The third-order valence-corrected chi connectivity index (χ3v) is 7.21. The number of rotatable bonds is 6. The molecule has 0 aromatic carbocycles. The fraction of sp³-hybridized carbons (Fsp3) is 0.765. The molecule has 2 aliphatic rings. The van der Waals surface area contributed by atoms with E-state index in [1.807, 2.05) is 4.90 Å². The summed E-state index contributed by atoms with van der Waals surface area (Å²) in [6.45, 7) is 3.11. The molecule has 2 fully saturated rings. The Morgan fingerprint density at radius 3 is 2.58 bits per heavy atom. The Kier molecular flexibility index (Phi) is 7.13. The lowest BCUT2D eigenvalue weighted by atomic mass is 9.86. The van der Waals surface area contributed by atoms with Crippen LogP contribution in [0.3, 0.4) is 0 Å². The second-order valence-corrected chi connectivity index (χ2v) is 9.07. The van der Waals surface area contributed by atoms with Gasteiger partial charge in [0.2, 0.25) is 16.9 Å². The Labute approximate surface area is 162 Å². The Balaban J connectivity index is 1.43. The van der Waals surface area contributed by atoms with E-state index in [1.54, 1.807) is 7.05 Å². The van der Waals surface area contributed by atoms with E-state index in [-0.39, 0.29) is 5.91 Å². The summed E-state index contributed by atoms with van der Waals surface area (Å²) in [6.07, 6.45) is 7.04. The van der Waals surface area contributed by atoms with Crippen LogP contribution in [0.15, 0.2) is 4.34 Å². The zero-order chi connectivity index (χ0) is 18.4. The molecule has 1 N–H and O–H groups in total.